The number of alkyl halides is 3. The van der Waals surface area contributed by atoms with Crippen LogP contribution >= 0.6 is 0 Å². The molecule has 0 radical (unpaired) electrons. The summed E-state index contributed by atoms with van der Waals surface area (Å²) in [6.45, 7) is 5.46. The summed E-state index contributed by atoms with van der Waals surface area (Å²) in [7, 11) is 1.35. The SMILES string of the molecule is COC(=O)C1=Cc2cc(NCc3cc(CC(=O)c4ccc(CN5CCNCC5)c(C(F)(F)F)c4)ccc3C)cnc2C1. The van der Waals surface area contributed by atoms with Gasteiger partial charge in [0, 0.05) is 63.2 Å². The Kier molecular flexibility index (Phi) is 8.74. The molecule has 7 nitrogen and oxygen atoms in total. The third-order valence-electron chi connectivity index (χ3n) is 7.74. The number of nitrogens with zero attached hydrogens (tertiary/aromatic N) is 2. The van der Waals surface area contributed by atoms with Crippen molar-refractivity contribution in [3.05, 3.63) is 98.9 Å². The van der Waals surface area contributed by atoms with Crippen LogP contribution in [0.15, 0.2) is 54.2 Å². The Morgan fingerprint density at radius 3 is 2.60 bits per heavy atom. The number of carbonyl (C=O) groups is 2. The topological polar surface area (TPSA) is 83.6 Å². The van der Waals surface area contributed by atoms with Crippen molar-refractivity contribution < 1.29 is 27.5 Å². The summed E-state index contributed by atoms with van der Waals surface area (Å²) in [6.07, 6.45) is -0.645. The Hall–Kier alpha value is -4.02. The number of Topliss-reactive ketones (excluding diaryl/α,β-unsaturated/α-hetero) is 1. The molecule has 1 saturated heterocycles. The van der Waals surface area contributed by atoms with E-state index in [9.17, 15) is 22.8 Å². The number of hydrogen-bond acceptors (Lipinski definition) is 7. The summed E-state index contributed by atoms with van der Waals surface area (Å²) in [5.41, 5.74) is 5.16. The van der Waals surface area contributed by atoms with E-state index in [0.29, 0.717) is 31.6 Å². The number of ether oxygens (including phenoxy) is 1. The quantitative estimate of drug-likeness (QED) is 0.274. The number of fused-ring (bicyclic) bond motifs is 1. The highest BCUT2D eigenvalue weighted by Gasteiger charge is 2.34. The molecule has 1 fully saturated rings. The van der Waals surface area contributed by atoms with Crippen LogP contribution in [0.25, 0.3) is 6.08 Å². The van der Waals surface area contributed by atoms with Crippen LogP contribution < -0.4 is 10.6 Å². The van der Waals surface area contributed by atoms with Crippen molar-refractivity contribution in [1.82, 2.24) is 15.2 Å². The number of aryl methyl sites for hydroxylation is 1. The first-order valence-corrected chi connectivity index (χ1v) is 13.9. The molecule has 2 heterocycles. The Balaban J connectivity index is 1.27. The van der Waals surface area contributed by atoms with E-state index in [2.05, 4.69) is 15.6 Å². The maximum atomic E-state index is 14.0. The van der Waals surface area contributed by atoms with Crippen LogP contribution in [0.1, 0.15) is 49.4 Å². The highest BCUT2D eigenvalue weighted by Crippen LogP contribution is 2.34. The fourth-order valence-electron chi connectivity index (χ4n) is 5.33. The van der Waals surface area contributed by atoms with Gasteiger partial charge in [-0.3, -0.25) is 14.7 Å². The number of esters is 1. The van der Waals surface area contributed by atoms with Gasteiger partial charge in [0.1, 0.15) is 0 Å². The molecule has 0 unspecified atom stereocenters. The lowest BCUT2D eigenvalue weighted by Crippen LogP contribution is -2.43. The number of pyridine rings is 1. The summed E-state index contributed by atoms with van der Waals surface area (Å²) < 4.78 is 46.7. The first-order chi connectivity index (χ1) is 20.1. The third kappa shape index (κ3) is 6.88. The fraction of sp³-hybridized carbons (Fsp3) is 0.344. The summed E-state index contributed by atoms with van der Waals surface area (Å²) >= 11 is 0. The van der Waals surface area contributed by atoms with E-state index in [1.807, 2.05) is 36.1 Å². The van der Waals surface area contributed by atoms with Gasteiger partial charge in [-0.25, -0.2) is 4.79 Å². The number of piperazine rings is 1. The molecule has 2 aliphatic rings. The highest BCUT2D eigenvalue weighted by atomic mass is 19.4. The molecule has 0 amide bonds. The number of ketones is 1. The summed E-state index contributed by atoms with van der Waals surface area (Å²) in [5, 5.41) is 6.54. The van der Waals surface area contributed by atoms with Crippen LogP contribution in [0.5, 0.6) is 0 Å². The number of anilines is 1. The molecule has 220 valence electrons. The second kappa shape index (κ2) is 12.5. The van der Waals surface area contributed by atoms with E-state index >= 15 is 0 Å². The first kappa shape index (κ1) is 29.5. The van der Waals surface area contributed by atoms with E-state index in [4.69, 9.17) is 4.74 Å². The zero-order valence-electron chi connectivity index (χ0n) is 23.6. The van der Waals surface area contributed by atoms with Crippen molar-refractivity contribution in [2.45, 2.75) is 39.0 Å². The standard InChI is InChI=1S/C32H33F3N4O3/c1-20-3-4-21(11-26(20)17-37-27-14-24-13-25(31(41)42-2)16-29(24)38-18-27)12-30(40)22-5-6-23(28(15-22)32(33,34)35)19-39-9-7-36-8-10-39/h3-6,11,13-15,18,36-37H,7-10,12,16-17,19H2,1-2H3. The Morgan fingerprint density at radius 1 is 1.07 bits per heavy atom. The molecule has 0 atom stereocenters. The Labute approximate surface area is 242 Å². The molecule has 1 aliphatic carbocycles. The minimum atomic E-state index is -4.55. The van der Waals surface area contributed by atoms with Gasteiger partial charge in [0.25, 0.3) is 0 Å². The second-order valence-corrected chi connectivity index (χ2v) is 10.7. The minimum absolute atomic E-state index is 0.0107. The number of methoxy groups -OCH3 is 1. The van der Waals surface area contributed by atoms with Gasteiger partial charge >= 0.3 is 12.1 Å². The van der Waals surface area contributed by atoms with Gasteiger partial charge in [-0.15, -0.1) is 0 Å². The lowest BCUT2D eigenvalue weighted by Gasteiger charge is -2.28. The maximum Gasteiger partial charge on any atom is 0.416 e. The third-order valence-corrected chi connectivity index (χ3v) is 7.74. The van der Waals surface area contributed by atoms with Crippen LogP contribution in [0.2, 0.25) is 0 Å². The normalized spacial score (nSPS) is 15.2. The zero-order chi connectivity index (χ0) is 29.9. The number of halogens is 3. The van der Waals surface area contributed by atoms with Crippen LogP contribution in [-0.2, 0) is 41.6 Å². The molecular weight excluding hydrogens is 545 g/mol. The Morgan fingerprint density at radius 2 is 1.86 bits per heavy atom. The number of hydrogen-bond donors (Lipinski definition) is 2. The molecule has 2 aromatic carbocycles. The number of benzene rings is 2. The van der Waals surface area contributed by atoms with Crippen LogP contribution in [0, 0.1) is 6.92 Å². The molecule has 3 aromatic rings. The monoisotopic (exact) mass is 578 g/mol. The van der Waals surface area contributed by atoms with Crippen LogP contribution in [0.4, 0.5) is 18.9 Å². The fourth-order valence-corrected chi connectivity index (χ4v) is 5.33. The van der Waals surface area contributed by atoms with Gasteiger partial charge < -0.3 is 15.4 Å². The molecule has 0 spiro atoms. The molecule has 42 heavy (non-hydrogen) atoms. The lowest BCUT2D eigenvalue weighted by atomic mass is 9.96. The Bertz CT molecular complexity index is 1530. The average Bonchev–Trinajstić information content (AvgIpc) is 3.41. The summed E-state index contributed by atoms with van der Waals surface area (Å²) in [4.78, 5) is 31.4. The predicted molar refractivity (Wildman–Crippen MR) is 154 cm³/mol. The van der Waals surface area contributed by atoms with Crippen LogP contribution in [0.3, 0.4) is 0 Å². The van der Waals surface area contributed by atoms with Crippen LogP contribution in [-0.4, -0.2) is 54.9 Å². The van der Waals surface area contributed by atoms with E-state index in [0.717, 1.165) is 52.8 Å². The van der Waals surface area contributed by atoms with E-state index in [1.165, 1.54) is 19.2 Å². The molecule has 5 rings (SSSR count). The largest absolute Gasteiger partial charge is 0.466 e. The summed E-state index contributed by atoms with van der Waals surface area (Å²) in [6, 6.07) is 11.5. The molecule has 1 aromatic heterocycles. The van der Waals surface area contributed by atoms with Gasteiger partial charge in [0.15, 0.2) is 5.78 Å². The maximum absolute atomic E-state index is 14.0. The van der Waals surface area contributed by atoms with E-state index < -0.39 is 11.7 Å². The molecule has 1 aliphatic heterocycles. The second-order valence-electron chi connectivity index (χ2n) is 10.7. The van der Waals surface area contributed by atoms with Crippen molar-refractivity contribution in [1.29, 1.82) is 0 Å². The van der Waals surface area contributed by atoms with E-state index in [-0.39, 0.29) is 35.8 Å². The smallest absolute Gasteiger partial charge is 0.416 e. The zero-order valence-corrected chi connectivity index (χ0v) is 23.6. The number of aromatic nitrogens is 1. The first-order valence-electron chi connectivity index (χ1n) is 13.9. The van der Waals surface area contributed by atoms with Crippen molar-refractivity contribution in [2.75, 3.05) is 38.6 Å². The molecular formula is C32H33F3N4O3. The van der Waals surface area contributed by atoms with Crippen molar-refractivity contribution >= 4 is 23.5 Å². The molecule has 0 saturated carbocycles. The molecule has 2 N–H and O–H groups in total. The van der Waals surface area contributed by atoms with Gasteiger partial charge in [-0.1, -0.05) is 30.3 Å². The van der Waals surface area contributed by atoms with E-state index in [1.54, 1.807) is 12.3 Å². The number of rotatable bonds is 9. The molecule has 10 heteroatoms. The van der Waals surface area contributed by atoms with Gasteiger partial charge in [0.05, 0.1) is 30.3 Å². The average molecular weight is 579 g/mol. The van der Waals surface area contributed by atoms with Crippen molar-refractivity contribution in [2.24, 2.45) is 0 Å². The van der Waals surface area contributed by atoms with Gasteiger partial charge in [-0.05, 0) is 52.9 Å². The predicted octanol–water partition coefficient (Wildman–Crippen LogP) is 4.96. The van der Waals surface area contributed by atoms with Crippen molar-refractivity contribution in [3.8, 4) is 0 Å². The minimum Gasteiger partial charge on any atom is -0.466 e. The van der Waals surface area contributed by atoms with Gasteiger partial charge in [0.2, 0.25) is 0 Å². The summed E-state index contributed by atoms with van der Waals surface area (Å²) in [5.74, 6) is -0.738. The molecule has 0 bridgehead atoms. The number of carbonyl (C=O) groups excluding carboxylic acids is 2. The van der Waals surface area contributed by atoms with Crippen molar-refractivity contribution in [3.63, 3.8) is 0 Å². The number of nitrogens with one attached hydrogen (secondary N) is 2. The van der Waals surface area contributed by atoms with Gasteiger partial charge in [-0.2, -0.15) is 13.2 Å². The highest BCUT2D eigenvalue weighted by molar-refractivity contribution is 5.98. The lowest BCUT2D eigenvalue weighted by molar-refractivity contribution is -0.138.